The van der Waals surface area contributed by atoms with E-state index in [1.807, 2.05) is 0 Å². The van der Waals surface area contributed by atoms with Gasteiger partial charge in [0.25, 0.3) is 0 Å². The van der Waals surface area contributed by atoms with E-state index >= 15 is 0 Å². The average molecular weight is 410 g/mol. The molecule has 2 atom stereocenters. The number of aliphatic hydroxyl groups excluding tert-OH is 1. The van der Waals surface area contributed by atoms with Crippen LogP contribution in [0, 0.1) is 0 Å². The van der Waals surface area contributed by atoms with Crippen molar-refractivity contribution in [2.75, 3.05) is 20.1 Å². The third kappa shape index (κ3) is 6.25. The van der Waals surface area contributed by atoms with Crippen LogP contribution in [0.15, 0.2) is 42.5 Å². The van der Waals surface area contributed by atoms with Crippen molar-refractivity contribution in [3.63, 3.8) is 0 Å². The lowest BCUT2D eigenvalue weighted by Crippen LogP contribution is -2.35. The zero-order valence-corrected chi connectivity index (χ0v) is 16.5. The molecule has 29 heavy (non-hydrogen) atoms. The number of likely N-dealkylation sites (N-methyl/N-ethyl adjacent to an activating group) is 1. The van der Waals surface area contributed by atoms with Crippen molar-refractivity contribution < 1.29 is 28.6 Å². The molecule has 1 heterocycles. The van der Waals surface area contributed by atoms with Crippen LogP contribution in [-0.2, 0) is 10.7 Å². The minimum atomic E-state index is -3.43. The van der Waals surface area contributed by atoms with Crippen molar-refractivity contribution in [2.45, 2.75) is 50.2 Å². The number of amides is 2. The molecule has 0 bridgehead atoms. The van der Waals surface area contributed by atoms with Crippen LogP contribution in [-0.4, -0.2) is 64.3 Å². The number of carbonyl (C=O) groups is 2. The highest BCUT2D eigenvalue weighted by Crippen LogP contribution is 2.32. The second-order valence-corrected chi connectivity index (χ2v) is 7.30. The Morgan fingerprint density at radius 3 is 2.55 bits per heavy atom. The van der Waals surface area contributed by atoms with Gasteiger partial charge in [-0.25, -0.2) is 4.79 Å². The highest BCUT2D eigenvalue weighted by atomic mass is 19.3. The van der Waals surface area contributed by atoms with Crippen LogP contribution in [0.3, 0.4) is 0 Å². The van der Waals surface area contributed by atoms with Gasteiger partial charge in [0.15, 0.2) is 0 Å². The maximum absolute atomic E-state index is 14.4. The van der Waals surface area contributed by atoms with Crippen molar-refractivity contribution in [1.82, 2.24) is 9.80 Å². The highest BCUT2D eigenvalue weighted by molar-refractivity contribution is 5.77. The van der Waals surface area contributed by atoms with Crippen molar-refractivity contribution in [1.29, 1.82) is 0 Å². The molecule has 2 N–H and O–H groups in total. The third-order valence-electron chi connectivity index (χ3n) is 5.02. The lowest BCUT2D eigenvalue weighted by Gasteiger charge is -2.23. The zero-order chi connectivity index (χ0) is 21.4. The fourth-order valence-corrected chi connectivity index (χ4v) is 3.34. The fourth-order valence-electron chi connectivity index (χ4n) is 3.34. The van der Waals surface area contributed by atoms with Gasteiger partial charge in [-0.1, -0.05) is 55.3 Å². The second-order valence-electron chi connectivity index (χ2n) is 7.30. The summed E-state index contributed by atoms with van der Waals surface area (Å²) >= 11 is 0. The quantitative estimate of drug-likeness (QED) is 0.432. The molecule has 6 nitrogen and oxygen atoms in total. The van der Waals surface area contributed by atoms with Crippen LogP contribution in [0.2, 0.25) is 0 Å². The molecule has 1 aromatic carbocycles. The van der Waals surface area contributed by atoms with Gasteiger partial charge in [-0.15, -0.1) is 0 Å². The molecule has 0 aromatic heterocycles. The number of carbonyl (C=O) groups excluding carboxylic acids is 1. The van der Waals surface area contributed by atoms with Crippen LogP contribution in [0.1, 0.15) is 37.7 Å². The summed E-state index contributed by atoms with van der Waals surface area (Å²) in [6.07, 6.45) is 3.49. The first-order valence-electron chi connectivity index (χ1n) is 9.76. The minimum absolute atomic E-state index is 0.129. The first kappa shape index (κ1) is 22.8. The number of unbranched alkanes of at least 4 members (excludes halogenated alkanes) is 3. The molecule has 1 fully saturated rings. The van der Waals surface area contributed by atoms with Gasteiger partial charge in [0.2, 0.25) is 0 Å². The summed E-state index contributed by atoms with van der Waals surface area (Å²) in [5.74, 6) is -4.25. The second kappa shape index (κ2) is 10.3. The van der Waals surface area contributed by atoms with E-state index in [0.29, 0.717) is 25.9 Å². The van der Waals surface area contributed by atoms with E-state index < -0.39 is 24.0 Å². The molecule has 1 aliphatic rings. The number of rotatable bonds is 11. The van der Waals surface area contributed by atoms with E-state index in [0.717, 1.165) is 18.9 Å². The summed E-state index contributed by atoms with van der Waals surface area (Å²) in [6, 6.07) is 6.55. The molecule has 160 valence electrons. The average Bonchev–Trinajstić information content (AvgIpc) is 2.96. The largest absolute Gasteiger partial charge is 0.481 e. The van der Waals surface area contributed by atoms with E-state index in [4.69, 9.17) is 5.11 Å². The van der Waals surface area contributed by atoms with E-state index in [9.17, 15) is 23.5 Å². The highest BCUT2D eigenvalue weighted by Gasteiger charge is 2.39. The molecule has 0 aliphatic carbocycles. The number of halogens is 2. The number of benzene rings is 1. The summed E-state index contributed by atoms with van der Waals surface area (Å²) in [6.45, 7) is 0.814. The zero-order valence-electron chi connectivity index (χ0n) is 16.5. The van der Waals surface area contributed by atoms with E-state index in [-0.39, 0.29) is 18.0 Å². The first-order valence-corrected chi connectivity index (χ1v) is 9.76. The van der Waals surface area contributed by atoms with Gasteiger partial charge in [-0.05, 0) is 12.8 Å². The molecule has 1 aliphatic heterocycles. The van der Waals surface area contributed by atoms with E-state index in [2.05, 4.69) is 0 Å². The van der Waals surface area contributed by atoms with Gasteiger partial charge in [-0.2, -0.15) is 8.78 Å². The van der Waals surface area contributed by atoms with Gasteiger partial charge in [0.1, 0.15) is 6.10 Å². The summed E-state index contributed by atoms with van der Waals surface area (Å²) < 4.78 is 28.8. The molecule has 0 spiro atoms. The number of aliphatic carboxylic acids is 1. The smallest absolute Gasteiger partial charge is 0.320 e. The number of urea groups is 1. The number of aliphatic hydroxyl groups is 1. The Labute approximate surface area is 169 Å². The molecule has 0 saturated carbocycles. The number of carboxylic acid groups (broad SMARTS) is 1. The first-order chi connectivity index (χ1) is 13.7. The number of alkyl halides is 2. The molecule has 8 heteroatoms. The Balaban J connectivity index is 1.92. The van der Waals surface area contributed by atoms with Crippen molar-refractivity contribution in [2.24, 2.45) is 0 Å². The molecule has 2 unspecified atom stereocenters. The Morgan fingerprint density at radius 2 is 1.90 bits per heavy atom. The molecule has 2 amide bonds. The van der Waals surface area contributed by atoms with Crippen LogP contribution in [0.5, 0.6) is 0 Å². The SMILES string of the molecule is CN1CC(C=CC(O)C(F)(F)c2ccccc2)N(CCCCCCC(=O)O)C1=O. The van der Waals surface area contributed by atoms with Gasteiger partial charge in [0, 0.05) is 32.1 Å². The lowest BCUT2D eigenvalue weighted by molar-refractivity contribution is -0.137. The van der Waals surface area contributed by atoms with Gasteiger partial charge < -0.3 is 20.0 Å². The number of hydrogen-bond donors (Lipinski definition) is 2. The standard InChI is InChI=1S/C21H28F2N2O4/c1-24-15-17(25(20(24)29)14-8-3-2-7-11-19(27)28)12-13-18(26)21(22,23)16-9-5-4-6-10-16/h4-6,9-10,12-13,17-18,26H,2-3,7-8,11,14-15H2,1H3,(H,27,28). The lowest BCUT2D eigenvalue weighted by atomic mass is 10.0. The molecule has 2 rings (SSSR count). The molecular weight excluding hydrogens is 382 g/mol. The van der Waals surface area contributed by atoms with Crippen molar-refractivity contribution in [3.8, 4) is 0 Å². The monoisotopic (exact) mass is 410 g/mol. The number of nitrogens with zero attached hydrogens (tertiary/aromatic N) is 2. The Bertz CT molecular complexity index is 712. The van der Waals surface area contributed by atoms with Crippen molar-refractivity contribution >= 4 is 12.0 Å². The summed E-state index contributed by atoms with van der Waals surface area (Å²) in [4.78, 5) is 25.9. The molecular formula is C21H28F2N2O4. The topological polar surface area (TPSA) is 81.1 Å². The van der Waals surface area contributed by atoms with Gasteiger partial charge in [0.05, 0.1) is 6.04 Å². The van der Waals surface area contributed by atoms with E-state index in [1.54, 1.807) is 18.0 Å². The van der Waals surface area contributed by atoms with Crippen LogP contribution >= 0.6 is 0 Å². The predicted octanol–water partition coefficient (Wildman–Crippen LogP) is 3.47. The van der Waals surface area contributed by atoms with Crippen LogP contribution in [0.25, 0.3) is 0 Å². The van der Waals surface area contributed by atoms with Crippen LogP contribution < -0.4 is 0 Å². The molecule has 0 radical (unpaired) electrons. The maximum Gasteiger partial charge on any atom is 0.320 e. The summed E-state index contributed by atoms with van der Waals surface area (Å²) in [7, 11) is 1.64. The Morgan fingerprint density at radius 1 is 1.24 bits per heavy atom. The number of carboxylic acids is 1. The van der Waals surface area contributed by atoms with Gasteiger partial charge in [-0.3, -0.25) is 4.79 Å². The summed E-state index contributed by atoms with van der Waals surface area (Å²) in [5.41, 5.74) is -0.269. The van der Waals surface area contributed by atoms with E-state index in [1.165, 1.54) is 35.2 Å². The van der Waals surface area contributed by atoms with Crippen molar-refractivity contribution in [3.05, 3.63) is 48.0 Å². The normalized spacial score (nSPS) is 18.6. The maximum atomic E-state index is 14.4. The molecule has 1 aromatic rings. The predicted molar refractivity (Wildman–Crippen MR) is 105 cm³/mol. The van der Waals surface area contributed by atoms with Crippen LogP contribution in [0.4, 0.5) is 13.6 Å². The third-order valence-corrected chi connectivity index (χ3v) is 5.02. The minimum Gasteiger partial charge on any atom is -0.481 e. The Kier molecular flexibility index (Phi) is 8.13. The number of hydrogen-bond acceptors (Lipinski definition) is 3. The van der Waals surface area contributed by atoms with Gasteiger partial charge >= 0.3 is 17.9 Å². The summed E-state index contributed by atoms with van der Waals surface area (Å²) in [5, 5.41) is 18.7. The fraction of sp³-hybridized carbons (Fsp3) is 0.524. The Hall–Kier alpha value is -2.48. The molecule has 1 saturated heterocycles.